The summed E-state index contributed by atoms with van der Waals surface area (Å²) in [5.74, 6) is -1.18. The maximum atomic E-state index is 13.3. The number of carbonyl (C=O) groups is 1. The summed E-state index contributed by atoms with van der Waals surface area (Å²) >= 11 is 0.905. The second-order valence-corrected chi connectivity index (χ2v) is 6.04. The Bertz CT molecular complexity index is 857. The lowest BCUT2D eigenvalue weighted by Gasteiger charge is -2.21. The summed E-state index contributed by atoms with van der Waals surface area (Å²) in [6.07, 6.45) is -2.14. The van der Waals surface area contributed by atoms with Crippen LogP contribution in [-0.2, 0) is 0 Å². The normalized spacial score (nSPS) is 12.8. The first-order valence-corrected chi connectivity index (χ1v) is 7.79. The number of carbonyl (C=O) groups excluding carboxylic acids is 1. The van der Waals surface area contributed by atoms with Gasteiger partial charge in [-0.15, -0.1) is 11.3 Å². The van der Waals surface area contributed by atoms with E-state index in [0.717, 1.165) is 35.6 Å². The van der Waals surface area contributed by atoms with Gasteiger partial charge in [0, 0.05) is 0 Å². The number of nitrogens with one attached hydrogen (secondary N) is 1. The lowest BCUT2D eigenvalue weighted by molar-refractivity contribution is -0.155. The quantitative estimate of drug-likeness (QED) is 0.684. The molecular weight excluding hydrogens is 360 g/mol. The topological polar surface area (TPSA) is 55.1 Å². The van der Waals surface area contributed by atoms with Crippen molar-refractivity contribution in [3.63, 3.8) is 0 Å². The van der Waals surface area contributed by atoms with Crippen molar-refractivity contribution in [2.45, 2.75) is 12.2 Å². The number of aromatic nitrogens is 1. The minimum absolute atomic E-state index is 0.00256. The minimum atomic E-state index is -4.73. The smallest absolute Gasteiger partial charge is 0.412 e. The molecule has 0 saturated carbocycles. The van der Waals surface area contributed by atoms with Gasteiger partial charge >= 0.3 is 6.18 Å². The van der Waals surface area contributed by atoms with Crippen LogP contribution >= 0.6 is 11.3 Å². The fourth-order valence-corrected chi connectivity index (χ4v) is 2.89. The van der Waals surface area contributed by atoms with E-state index in [4.69, 9.17) is 4.42 Å². The van der Waals surface area contributed by atoms with Crippen LogP contribution in [0.4, 0.5) is 17.6 Å². The van der Waals surface area contributed by atoms with Crippen molar-refractivity contribution in [2.24, 2.45) is 0 Å². The fourth-order valence-electron chi connectivity index (χ4n) is 2.10. The van der Waals surface area contributed by atoms with Gasteiger partial charge in [-0.3, -0.25) is 4.79 Å². The molecule has 3 rings (SSSR count). The molecule has 9 heteroatoms. The van der Waals surface area contributed by atoms with Gasteiger partial charge < -0.3 is 9.73 Å². The molecule has 130 valence electrons. The van der Waals surface area contributed by atoms with Gasteiger partial charge in [-0.25, -0.2) is 9.37 Å². The second kappa shape index (κ2) is 6.67. The van der Waals surface area contributed by atoms with Gasteiger partial charge in [-0.1, -0.05) is 12.1 Å². The number of alkyl halides is 3. The molecule has 0 fully saturated rings. The number of benzene rings is 1. The lowest BCUT2D eigenvalue weighted by Crippen LogP contribution is -2.37. The number of hydrogen-bond acceptors (Lipinski definition) is 4. The van der Waals surface area contributed by atoms with Crippen molar-refractivity contribution in [1.82, 2.24) is 10.3 Å². The fraction of sp³-hybridized carbons (Fsp3) is 0.125. The second-order valence-electron chi connectivity index (χ2n) is 5.01. The van der Waals surface area contributed by atoms with Crippen LogP contribution in [0.3, 0.4) is 0 Å². The number of amides is 1. The number of rotatable bonds is 4. The zero-order valence-electron chi connectivity index (χ0n) is 12.4. The number of thiazole rings is 1. The van der Waals surface area contributed by atoms with E-state index in [0.29, 0.717) is 10.8 Å². The maximum Gasteiger partial charge on any atom is 0.412 e. The van der Waals surface area contributed by atoms with Crippen molar-refractivity contribution >= 4 is 17.2 Å². The van der Waals surface area contributed by atoms with Gasteiger partial charge in [0.25, 0.3) is 5.91 Å². The highest BCUT2D eigenvalue weighted by Crippen LogP contribution is 2.33. The highest BCUT2D eigenvalue weighted by Gasteiger charge is 2.42. The molecule has 25 heavy (non-hydrogen) atoms. The predicted molar refractivity (Wildman–Crippen MR) is 82.5 cm³/mol. The number of furan rings is 1. The van der Waals surface area contributed by atoms with Gasteiger partial charge in [0.15, 0.2) is 16.8 Å². The van der Waals surface area contributed by atoms with Crippen molar-refractivity contribution in [3.05, 3.63) is 65.1 Å². The van der Waals surface area contributed by atoms with E-state index < -0.39 is 23.9 Å². The number of hydrogen-bond donors (Lipinski definition) is 1. The zero-order chi connectivity index (χ0) is 18.0. The zero-order valence-corrected chi connectivity index (χ0v) is 13.2. The molecule has 1 amide bonds. The Morgan fingerprint density at radius 3 is 2.52 bits per heavy atom. The van der Waals surface area contributed by atoms with E-state index in [9.17, 15) is 22.4 Å². The molecule has 0 bridgehead atoms. The molecule has 1 N–H and O–H groups in total. The Kier molecular flexibility index (Phi) is 4.58. The van der Waals surface area contributed by atoms with Crippen LogP contribution in [0.25, 0.3) is 10.8 Å². The third-order valence-electron chi connectivity index (χ3n) is 3.27. The summed E-state index contributed by atoms with van der Waals surface area (Å²) < 4.78 is 57.9. The van der Waals surface area contributed by atoms with Crippen molar-refractivity contribution in [1.29, 1.82) is 0 Å². The van der Waals surface area contributed by atoms with Crippen LogP contribution < -0.4 is 5.32 Å². The molecule has 0 spiro atoms. The molecule has 1 unspecified atom stereocenters. The van der Waals surface area contributed by atoms with Crippen LogP contribution in [0.5, 0.6) is 0 Å². The third-order valence-corrected chi connectivity index (χ3v) is 4.28. The van der Waals surface area contributed by atoms with Gasteiger partial charge in [0.05, 0.1) is 12.5 Å². The van der Waals surface area contributed by atoms with Crippen LogP contribution in [0.15, 0.2) is 53.3 Å². The van der Waals surface area contributed by atoms with E-state index in [1.165, 1.54) is 12.5 Å². The van der Waals surface area contributed by atoms with E-state index in [2.05, 4.69) is 4.98 Å². The molecule has 4 nitrogen and oxygen atoms in total. The van der Waals surface area contributed by atoms with Crippen molar-refractivity contribution < 1.29 is 26.8 Å². The van der Waals surface area contributed by atoms with Crippen LogP contribution in [0, 0.1) is 5.82 Å². The molecule has 0 aliphatic carbocycles. The minimum Gasteiger partial charge on any atom is -0.462 e. The van der Waals surface area contributed by atoms with E-state index in [1.807, 2.05) is 5.32 Å². The van der Waals surface area contributed by atoms with Crippen molar-refractivity contribution in [3.8, 4) is 10.8 Å². The Morgan fingerprint density at radius 1 is 1.20 bits per heavy atom. The van der Waals surface area contributed by atoms with Gasteiger partial charge in [-0.2, -0.15) is 13.2 Å². The number of halogens is 4. The first-order chi connectivity index (χ1) is 11.8. The molecule has 1 atom stereocenters. The molecule has 2 aromatic heterocycles. The Morgan fingerprint density at radius 2 is 1.92 bits per heavy atom. The third kappa shape index (κ3) is 3.87. The molecule has 1 aromatic carbocycles. The maximum absolute atomic E-state index is 13.3. The monoisotopic (exact) mass is 370 g/mol. The van der Waals surface area contributed by atoms with E-state index >= 15 is 0 Å². The summed E-state index contributed by atoms with van der Waals surface area (Å²) in [4.78, 5) is 16.1. The molecule has 3 aromatic rings. The summed E-state index contributed by atoms with van der Waals surface area (Å²) in [6, 6.07) is 4.77. The summed E-state index contributed by atoms with van der Waals surface area (Å²) in [5.41, 5.74) is -0.266. The van der Waals surface area contributed by atoms with Crippen LogP contribution in [-0.4, -0.2) is 17.1 Å². The largest absolute Gasteiger partial charge is 0.462 e. The lowest BCUT2D eigenvalue weighted by atomic mass is 10.1. The van der Waals surface area contributed by atoms with Crippen molar-refractivity contribution in [2.75, 3.05) is 0 Å². The highest BCUT2D eigenvalue weighted by molar-refractivity contribution is 7.16. The average molecular weight is 370 g/mol. The first-order valence-electron chi connectivity index (χ1n) is 6.97. The van der Waals surface area contributed by atoms with Gasteiger partial charge in [0.1, 0.15) is 10.7 Å². The SMILES string of the molecule is O=C(NC(c1ccc(F)cc1)C(F)(F)F)c1cnc(-c2ccco2)s1. The first kappa shape index (κ1) is 17.2. The van der Waals surface area contributed by atoms with Crippen LogP contribution in [0.1, 0.15) is 21.3 Å². The highest BCUT2D eigenvalue weighted by atomic mass is 32.1. The Balaban J connectivity index is 1.82. The summed E-state index contributed by atoms with van der Waals surface area (Å²) in [5, 5.41) is 2.30. The van der Waals surface area contributed by atoms with Crippen LogP contribution in [0.2, 0.25) is 0 Å². The Hall–Kier alpha value is -2.68. The molecule has 0 radical (unpaired) electrons. The molecule has 0 aliphatic rings. The average Bonchev–Trinajstić information content (AvgIpc) is 3.23. The Labute approximate surface area is 143 Å². The molecular formula is C16H10F4N2O2S. The molecule has 0 aliphatic heterocycles. The standard InChI is InChI=1S/C16H10F4N2O2S/c17-10-5-3-9(4-6-10)13(16(18,19)20)22-14(23)12-8-21-15(25-12)11-2-1-7-24-11/h1-8,13H,(H,22,23). The van der Waals surface area contributed by atoms with Gasteiger partial charge in [0.2, 0.25) is 0 Å². The number of nitrogens with zero attached hydrogens (tertiary/aromatic N) is 1. The van der Waals surface area contributed by atoms with E-state index in [1.54, 1.807) is 12.1 Å². The van der Waals surface area contributed by atoms with E-state index in [-0.39, 0.29) is 10.4 Å². The molecule has 2 heterocycles. The predicted octanol–water partition coefficient (Wildman–Crippen LogP) is 4.58. The summed E-state index contributed by atoms with van der Waals surface area (Å²) in [6.45, 7) is 0. The van der Waals surface area contributed by atoms with Gasteiger partial charge in [-0.05, 0) is 29.8 Å². The molecule has 0 saturated heterocycles. The summed E-state index contributed by atoms with van der Waals surface area (Å²) in [7, 11) is 0.